The van der Waals surface area contributed by atoms with Gasteiger partial charge in [0.15, 0.2) is 0 Å². The van der Waals surface area contributed by atoms with Crippen LogP contribution < -0.4 is 14.5 Å². The fraction of sp³-hybridized carbons (Fsp3) is 0.587. The normalized spacial score (nSPS) is 22.5. The van der Waals surface area contributed by atoms with Crippen molar-refractivity contribution in [1.82, 2.24) is 4.98 Å². The summed E-state index contributed by atoms with van der Waals surface area (Å²) in [6, 6.07) is 12.7. The number of esters is 8. The Morgan fingerprint density at radius 2 is 0.988 bits per heavy atom. The lowest BCUT2D eigenvalue weighted by molar-refractivity contribution is -0.161. The van der Waals surface area contributed by atoms with Gasteiger partial charge in [-0.25, -0.2) is 19.6 Å². The summed E-state index contributed by atoms with van der Waals surface area (Å²) in [5, 5.41) is 7.46. The molecule has 0 N–H and O–H groups in total. The van der Waals surface area contributed by atoms with E-state index in [1.54, 1.807) is 24.4 Å². The first-order valence-electron chi connectivity index (χ1n) is 29.9. The number of rotatable bonds is 29. The number of hydrazone groups is 1. The average Bonchev–Trinajstić information content (AvgIpc) is 4.03. The van der Waals surface area contributed by atoms with Crippen molar-refractivity contribution in [2.24, 2.45) is 40.6 Å². The minimum Gasteiger partial charge on any atom is -0.465 e. The van der Waals surface area contributed by atoms with E-state index in [4.69, 9.17) is 48.0 Å². The largest absolute Gasteiger partial charge is 0.465 e. The van der Waals surface area contributed by atoms with Gasteiger partial charge in [0.05, 0.1) is 78.4 Å². The zero-order valence-corrected chi connectivity index (χ0v) is 48.7. The molecule has 0 unspecified atom stereocenters. The molecule has 83 heavy (non-hydrogen) atoms. The summed E-state index contributed by atoms with van der Waals surface area (Å²) in [6.45, 7) is 10.4. The maximum absolute atomic E-state index is 13.9. The Bertz CT molecular complexity index is 2680. The van der Waals surface area contributed by atoms with Crippen LogP contribution >= 0.6 is 11.3 Å². The third kappa shape index (κ3) is 20.1. The second-order valence-corrected chi connectivity index (χ2v) is 23.0. The standard InChI is InChI=1S/C63H81N3O16S/c1-4-7-10-35-66(63-65-52-15-8-9-16-54(52)83-63)64-41-48-40-51(81-61(73)46-25-29-49(30-26-46)79-59(71)44-21-17-42(18-22-44)57(69)77-38-13-11-36-75-55(67)5-2)33-34-53(48)82-62(74)47-27-31-50(32-28-47)80-60(72)45-23-19-43(20-24-45)58(70)78-39-14-12-37-76-56(68)6-3/h5-6,8-9,15-16,33-34,40-47,49-50H,2-4,7,10-14,17-32,35-39H2,1H3/b64-41+. The number of hydrogen-bond donors (Lipinski definition) is 0. The summed E-state index contributed by atoms with van der Waals surface area (Å²) >= 11 is 1.53. The van der Waals surface area contributed by atoms with Crippen molar-refractivity contribution in [1.29, 1.82) is 0 Å². The van der Waals surface area contributed by atoms with Gasteiger partial charge in [0.25, 0.3) is 0 Å². The Balaban J connectivity index is 0.891. The van der Waals surface area contributed by atoms with Gasteiger partial charge in [0, 0.05) is 24.3 Å². The number of benzene rings is 2. The highest BCUT2D eigenvalue weighted by molar-refractivity contribution is 7.22. The fourth-order valence-electron chi connectivity index (χ4n) is 10.9. The van der Waals surface area contributed by atoms with Gasteiger partial charge in [0.2, 0.25) is 5.13 Å². The molecule has 450 valence electrons. The van der Waals surface area contributed by atoms with Gasteiger partial charge >= 0.3 is 47.8 Å². The van der Waals surface area contributed by atoms with Gasteiger partial charge in [-0.1, -0.05) is 56.4 Å². The van der Waals surface area contributed by atoms with Crippen LogP contribution in [0.3, 0.4) is 0 Å². The van der Waals surface area contributed by atoms with Gasteiger partial charge in [-0.2, -0.15) is 5.10 Å². The molecule has 0 spiro atoms. The topological polar surface area (TPSA) is 239 Å². The molecule has 4 aliphatic carbocycles. The number of para-hydroxylation sites is 1. The smallest absolute Gasteiger partial charge is 0.330 e. The van der Waals surface area contributed by atoms with Crippen LogP contribution in [0.25, 0.3) is 10.2 Å². The molecule has 4 aliphatic rings. The predicted octanol–water partition coefficient (Wildman–Crippen LogP) is 11.1. The molecule has 4 fully saturated rings. The second kappa shape index (κ2) is 33.4. The molecule has 2 aromatic carbocycles. The van der Waals surface area contributed by atoms with Crippen molar-refractivity contribution in [3.63, 3.8) is 0 Å². The van der Waals surface area contributed by atoms with Crippen LogP contribution in [0.4, 0.5) is 5.13 Å². The van der Waals surface area contributed by atoms with E-state index in [2.05, 4.69) is 20.1 Å². The van der Waals surface area contributed by atoms with Gasteiger partial charge in [-0.15, -0.1) is 0 Å². The van der Waals surface area contributed by atoms with Crippen molar-refractivity contribution in [2.75, 3.05) is 38.0 Å². The van der Waals surface area contributed by atoms with Gasteiger partial charge in [-0.3, -0.25) is 28.8 Å². The Labute approximate surface area is 490 Å². The van der Waals surface area contributed by atoms with Gasteiger partial charge < -0.3 is 37.9 Å². The average molecular weight is 1170 g/mol. The number of ether oxygens (including phenoxy) is 8. The zero-order valence-electron chi connectivity index (χ0n) is 47.9. The number of nitrogens with zero attached hydrogens (tertiary/aromatic N) is 3. The number of fused-ring (bicyclic) bond motifs is 1. The Hall–Kier alpha value is -6.96. The molecule has 0 aliphatic heterocycles. The summed E-state index contributed by atoms with van der Waals surface area (Å²) in [6.07, 6.45) is 16.3. The number of hydrogen-bond acceptors (Lipinski definition) is 20. The lowest BCUT2D eigenvalue weighted by atomic mass is 9.82. The summed E-state index contributed by atoms with van der Waals surface area (Å²) < 4.78 is 45.9. The molecule has 0 radical (unpaired) electrons. The molecule has 0 bridgehead atoms. The van der Waals surface area contributed by atoms with Crippen molar-refractivity contribution in [3.05, 3.63) is 73.3 Å². The molecule has 1 aromatic heterocycles. The van der Waals surface area contributed by atoms with Crippen molar-refractivity contribution in [3.8, 4) is 11.5 Å². The first kappa shape index (κ1) is 63.6. The molecule has 3 aromatic rings. The lowest BCUT2D eigenvalue weighted by Crippen LogP contribution is -2.33. The Kier molecular flexibility index (Phi) is 25.6. The monoisotopic (exact) mass is 1170 g/mol. The maximum atomic E-state index is 13.9. The van der Waals surface area contributed by atoms with E-state index >= 15 is 0 Å². The van der Waals surface area contributed by atoms with Crippen molar-refractivity contribution < 1.29 is 76.3 Å². The summed E-state index contributed by atoms with van der Waals surface area (Å²) in [5.74, 6) is -4.51. The van der Waals surface area contributed by atoms with Crippen molar-refractivity contribution in [2.45, 2.75) is 167 Å². The number of anilines is 1. The highest BCUT2D eigenvalue weighted by atomic mass is 32.1. The Morgan fingerprint density at radius 3 is 1.47 bits per heavy atom. The summed E-state index contributed by atoms with van der Waals surface area (Å²) in [7, 11) is 0. The van der Waals surface area contributed by atoms with Crippen LogP contribution in [0.2, 0.25) is 0 Å². The minimum atomic E-state index is -0.488. The predicted molar refractivity (Wildman–Crippen MR) is 309 cm³/mol. The van der Waals surface area contributed by atoms with Crippen LogP contribution in [-0.2, 0) is 66.8 Å². The molecule has 7 rings (SSSR count). The van der Waals surface area contributed by atoms with Crippen molar-refractivity contribution >= 4 is 80.7 Å². The van der Waals surface area contributed by atoms with Crippen LogP contribution in [0.15, 0.2) is 72.9 Å². The fourth-order valence-corrected chi connectivity index (χ4v) is 11.9. The molecule has 0 saturated heterocycles. The van der Waals surface area contributed by atoms with E-state index < -0.39 is 35.7 Å². The van der Waals surface area contributed by atoms with E-state index in [-0.39, 0.29) is 97.7 Å². The molecular formula is C63H81N3O16S. The first-order chi connectivity index (χ1) is 40.3. The number of aromatic nitrogens is 1. The highest BCUT2D eigenvalue weighted by Crippen LogP contribution is 2.37. The summed E-state index contributed by atoms with van der Waals surface area (Å²) in [4.78, 5) is 107. The van der Waals surface area contributed by atoms with Crippen LogP contribution in [0, 0.1) is 35.5 Å². The first-order valence-corrected chi connectivity index (χ1v) is 30.7. The van der Waals surface area contributed by atoms with E-state index in [0.29, 0.717) is 146 Å². The quantitative estimate of drug-likeness (QED) is 0.0119. The molecule has 4 saturated carbocycles. The highest BCUT2D eigenvalue weighted by Gasteiger charge is 2.37. The minimum absolute atomic E-state index is 0.231. The Morgan fingerprint density at radius 1 is 0.542 bits per heavy atom. The zero-order chi connectivity index (χ0) is 58.9. The number of unbranched alkanes of at least 4 members (excludes halogenated alkanes) is 4. The SMILES string of the molecule is C=CC(=O)OCCCCOC(=O)C1CCC(C(=O)OC2CCC(C(=O)Oc3ccc(OC(=O)C4CCC(OC(=O)C5CCC(C(=O)OCCCCOC(=O)C=C)CC5)CC4)c(/C=N/N(CCCCC)c4nc5ccccc5s4)c3)CC2)CC1. The molecule has 19 nitrogen and oxygen atoms in total. The van der Waals surface area contributed by atoms with E-state index in [9.17, 15) is 38.4 Å². The molecule has 0 amide bonds. The number of thiazole rings is 1. The van der Waals surface area contributed by atoms with E-state index in [0.717, 1.165) is 41.6 Å². The van der Waals surface area contributed by atoms with Gasteiger partial charge in [-0.05, 0) is 165 Å². The van der Waals surface area contributed by atoms with Crippen LogP contribution in [0.5, 0.6) is 11.5 Å². The molecule has 20 heteroatoms. The van der Waals surface area contributed by atoms with Gasteiger partial charge in [0.1, 0.15) is 23.7 Å². The summed E-state index contributed by atoms with van der Waals surface area (Å²) in [5.41, 5.74) is 1.28. The van der Waals surface area contributed by atoms with E-state index in [1.807, 2.05) is 29.3 Å². The van der Waals surface area contributed by atoms with E-state index in [1.165, 1.54) is 11.3 Å². The third-order valence-corrected chi connectivity index (χ3v) is 17.0. The van der Waals surface area contributed by atoms with Crippen LogP contribution in [0.1, 0.15) is 160 Å². The molecular weight excluding hydrogens is 1090 g/mol. The second-order valence-electron chi connectivity index (χ2n) is 22.0. The maximum Gasteiger partial charge on any atom is 0.330 e. The molecule has 1 heterocycles. The lowest BCUT2D eigenvalue weighted by Gasteiger charge is -2.30. The molecule has 0 atom stereocenters. The van der Waals surface area contributed by atoms with Crippen LogP contribution in [-0.4, -0.2) is 104 Å². The number of carbonyl (C=O) groups excluding carboxylic acids is 8. The third-order valence-electron chi connectivity index (χ3n) is 16.0. The number of carbonyl (C=O) groups is 8.